The van der Waals surface area contributed by atoms with Crippen LogP contribution in [0.4, 0.5) is 11.6 Å². The van der Waals surface area contributed by atoms with Crippen LogP contribution in [0.1, 0.15) is 37.8 Å². The van der Waals surface area contributed by atoms with E-state index < -0.39 is 21.8 Å². The number of halogens is 1. The molecule has 0 radical (unpaired) electrons. The molecule has 1 aliphatic heterocycles. The quantitative estimate of drug-likeness (QED) is 0.615. The van der Waals surface area contributed by atoms with E-state index in [1.807, 2.05) is 0 Å². The molecule has 1 aromatic carbocycles. The molecule has 1 aromatic heterocycles. The van der Waals surface area contributed by atoms with Crippen molar-refractivity contribution < 1.29 is 18.0 Å². The molecule has 2 aliphatic rings. The van der Waals surface area contributed by atoms with Gasteiger partial charge in [-0.25, -0.2) is 23.1 Å². The fourth-order valence-corrected chi connectivity index (χ4v) is 5.01. The zero-order valence-electron chi connectivity index (χ0n) is 17.3. The van der Waals surface area contributed by atoms with Gasteiger partial charge in [-0.05, 0) is 50.1 Å². The van der Waals surface area contributed by atoms with Gasteiger partial charge in [0.1, 0.15) is 10.7 Å². The van der Waals surface area contributed by atoms with E-state index >= 15 is 0 Å². The van der Waals surface area contributed by atoms with Gasteiger partial charge in [-0.2, -0.15) is 0 Å². The molecule has 9 nitrogen and oxygen atoms in total. The van der Waals surface area contributed by atoms with Crippen molar-refractivity contribution in [1.29, 1.82) is 0 Å². The SMILES string of the molecule is Cc1ccnc(NS(=O)(=O)c2ccc(NC3=C(Cl)C(=O)N(C4CCCCC4)C3=O)cc2)n1. The van der Waals surface area contributed by atoms with Gasteiger partial charge in [0.05, 0.1) is 4.90 Å². The minimum atomic E-state index is -3.90. The second-order valence-electron chi connectivity index (χ2n) is 7.74. The molecule has 2 amide bonds. The topological polar surface area (TPSA) is 121 Å². The first-order chi connectivity index (χ1) is 15.3. The van der Waals surface area contributed by atoms with Gasteiger partial charge in [0, 0.05) is 23.6 Å². The molecule has 2 aromatic rings. The molecular formula is C21H22ClN5O4S. The number of nitrogens with one attached hydrogen (secondary N) is 2. The Kier molecular flexibility index (Phi) is 6.16. The summed E-state index contributed by atoms with van der Waals surface area (Å²) in [5.41, 5.74) is 1.06. The lowest BCUT2D eigenvalue weighted by molar-refractivity contribution is -0.140. The number of benzene rings is 1. The molecule has 2 N–H and O–H groups in total. The molecule has 2 heterocycles. The summed E-state index contributed by atoms with van der Waals surface area (Å²) in [5.74, 6) is -0.975. The highest BCUT2D eigenvalue weighted by Gasteiger charge is 2.42. The summed E-state index contributed by atoms with van der Waals surface area (Å²) < 4.78 is 27.5. The number of imide groups is 1. The van der Waals surface area contributed by atoms with E-state index in [0.717, 1.165) is 32.1 Å². The normalized spacial score (nSPS) is 17.8. The first kappa shape index (κ1) is 22.2. The van der Waals surface area contributed by atoms with Crippen molar-refractivity contribution in [2.45, 2.75) is 50.0 Å². The van der Waals surface area contributed by atoms with Gasteiger partial charge in [-0.3, -0.25) is 14.5 Å². The minimum Gasteiger partial charge on any atom is -0.350 e. The Morgan fingerprint density at radius 1 is 1.03 bits per heavy atom. The predicted molar refractivity (Wildman–Crippen MR) is 119 cm³/mol. The summed E-state index contributed by atoms with van der Waals surface area (Å²) in [6.45, 7) is 1.73. The molecule has 32 heavy (non-hydrogen) atoms. The van der Waals surface area contributed by atoms with Crippen LogP contribution >= 0.6 is 11.6 Å². The third kappa shape index (κ3) is 4.46. The lowest BCUT2D eigenvalue weighted by atomic mass is 9.94. The summed E-state index contributed by atoms with van der Waals surface area (Å²) in [6.07, 6.45) is 6.05. The van der Waals surface area contributed by atoms with Gasteiger partial charge in [-0.1, -0.05) is 30.9 Å². The second-order valence-corrected chi connectivity index (χ2v) is 9.80. The summed E-state index contributed by atoms with van der Waals surface area (Å²) in [5, 5.41) is 2.71. The Hall–Kier alpha value is -2.98. The highest BCUT2D eigenvalue weighted by molar-refractivity contribution is 7.92. The predicted octanol–water partition coefficient (Wildman–Crippen LogP) is 3.15. The average Bonchev–Trinajstić information content (AvgIpc) is 2.97. The molecule has 0 atom stereocenters. The monoisotopic (exact) mass is 475 g/mol. The summed E-state index contributed by atoms with van der Waals surface area (Å²) in [4.78, 5) is 34.6. The van der Waals surface area contributed by atoms with Crippen molar-refractivity contribution in [3.8, 4) is 0 Å². The van der Waals surface area contributed by atoms with Crippen molar-refractivity contribution in [2.75, 3.05) is 10.0 Å². The van der Waals surface area contributed by atoms with Gasteiger partial charge >= 0.3 is 0 Å². The number of carbonyl (C=O) groups is 2. The smallest absolute Gasteiger partial charge is 0.279 e. The van der Waals surface area contributed by atoms with E-state index in [1.54, 1.807) is 13.0 Å². The summed E-state index contributed by atoms with van der Waals surface area (Å²) in [7, 11) is -3.90. The van der Waals surface area contributed by atoms with E-state index in [1.165, 1.54) is 35.4 Å². The Balaban J connectivity index is 1.48. The number of nitrogens with zero attached hydrogens (tertiary/aromatic N) is 3. The van der Waals surface area contributed by atoms with Gasteiger partial charge < -0.3 is 5.32 Å². The van der Waals surface area contributed by atoms with Crippen LogP contribution in [-0.2, 0) is 19.6 Å². The van der Waals surface area contributed by atoms with Crippen molar-refractivity contribution in [2.24, 2.45) is 0 Å². The molecule has 0 saturated heterocycles. The molecule has 1 fully saturated rings. The number of carbonyl (C=O) groups excluding carboxylic acids is 2. The van der Waals surface area contributed by atoms with E-state index in [2.05, 4.69) is 20.0 Å². The van der Waals surface area contributed by atoms with Crippen LogP contribution in [-0.4, -0.2) is 41.1 Å². The van der Waals surface area contributed by atoms with Gasteiger partial charge in [0.25, 0.3) is 21.8 Å². The number of aromatic nitrogens is 2. The highest BCUT2D eigenvalue weighted by Crippen LogP contribution is 2.32. The maximum absolute atomic E-state index is 12.9. The highest BCUT2D eigenvalue weighted by atomic mass is 35.5. The van der Waals surface area contributed by atoms with Gasteiger partial charge in [0.15, 0.2) is 0 Å². The van der Waals surface area contributed by atoms with Crippen LogP contribution in [0.15, 0.2) is 52.2 Å². The molecule has 0 bridgehead atoms. The number of anilines is 2. The zero-order valence-corrected chi connectivity index (χ0v) is 18.9. The van der Waals surface area contributed by atoms with Crippen LogP contribution < -0.4 is 10.0 Å². The van der Waals surface area contributed by atoms with Crippen LogP contribution in [0.25, 0.3) is 0 Å². The molecule has 11 heteroatoms. The third-order valence-corrected chi connectivity index (χ3v) is 7.15. The first-order valence-corrected chi connectivity index (χ1v) is 12.1. The lowest BCUT2D eigenvalue weighted by Crippen LogP contribution is -2.42. The van der Waals surface area contributed by atoms with E-state index in [9.17, 15) is 18.0 Å². The lowest BCUT2D eigenvalue weighted by Gasteiger charge is -2.29. The van der Waals surface area contributed by atoms with Crippen molar-refractivity contribution in [3.05, 3.63) is 53.0 Å². The molecule has 1 saturated carbocycles. The fourth-order valence-electron chi connectivity index (χ4n) is 3.84. The van der Waals surface area contributed by atoms with Crippen LogP contribution in [0.2, 0.25) is 0 Å². The Labute approximate surface area is 190 Å². The number of amides is 2. The standard InChI is InChI=1S/C21H22ClN5O4S/c1-13-11-12-23-21(24-13)26-32(30,31)16-9-7-14(8-10-16)25-18-17(22)19(28)27(20(18)29)15-5-3-2-4-6-15/h7-12,15,25H,2-6H2,1H3,(H,23,24,26). The number of hydrogen-bond donors (Lipinski definition) is 2. The molecular weight excluding hydrogens is 454 g/mol. The van der Waals surface area contributed by atoms with Crippen molar-refractivity contribution >= 4 is 45.1 Å². The summed E-state index contributed by atoms with van der Waals surface area (Å²) >= 11 is 6.18. The number of aryl methyl sites for hydroxylation is 1. The second kappa shape index (κ2) is 8.87. The van der Waals surface area contributed by atoms with Gasteiger partial charge in [0.2, 0.25) is 5.95 Å². The number of hydrogen-bond acceptors (Lipinski definition) is 7. The summed E-state index contributed by atoms with van der Waals surface area (Å²) in [6, 6.07) is 7.24. The zero-order chi connectivity index (χ0) is 22.9. The van der Waals surface area contributed by atoms with Crippen molar-refractivity contribution in [1.82, 2.24) is 14.9 Å². The molecule has 4 rings (SSSR count). The third-order valence-electron chi connectivity index (χ3n) is 5.45. The molecule has 1 aliphatic carbocycles. The van der Waals surface area contributed by atoms with Gasteiger partial charge in [-0.15, -0.1) is 0 Å². The van der Waals surface area contributed by atoms with E-state index in [4.69, 9.17) is 11.6 Å². The Morgan fingerprint density at radius 3 is 2.38 bits per heavy atom. The Bertz CT molecular complexity index is 1190. The fraction of sp³-hybridized carbons (Fsp3) is 0.333. The molecule has 0 unspecified atom stereocenters. The van der Waals surface area contributed by atoms with E-state index in [-0.39, 0.29) is 27.6 Å². The maximum atomic E-state index is 12.9. The molecule has 168 valence electrons. The number of rotatable bonds is 6. The van der Waals surface area contributed by atoms with Crippen LogP contribution in [0.3, 0.4) is 0 Å². The largest absolute Gasteiger partial charge is 0.350 e. The Morgan fingerprint density at radius 2 is 1.72 bits per heavy atom. The van der Waals surface area contributed by atoms with Crippen LogP contribution in [0, 0.1) is 6.92 Å². The maximum Gasteiger partial charge on any atom is 0.279 e. The van der Waals surface area contributed by atoms with Crippen LogP contribution in [0.5, 0.6) is 0 Å². The van der Waals surface area contributed by atoms with Crippen molar-refractivity contribution in [3.63, 3.8) is 0 Å². The number of sulfonamides is 1. The first-order valence-electron chi connectivity index (χ1n) is 10.2. The van der Waals surface area contributed by atoms with E-state index in [0.29, 0.717) is 11.4 Å². The molecule has 0 spiro atoms. The minimum absolute atomic E-state index is 0.00383. The average molecular weight is 476 g/mol.